The summed E-state index contributed by atoms with van der Waals surface area (Å²) in [6.45, 7) is 6.43. The molecule has 0 saturated carbocycles. The number of ketones is 2. The number of nitrogens with zero attached hydrogens (tertiary/aromatic N) is 1. The van der Waals surface area contributed by atoms with Crippen LogP contribution in [0.1, 0.15) is 76.8 Å². The fourth-order valence-corrected chi connectivity index (χ4v) is 5.28. The molecule has 1 saturated heterocycles. The molecule has 1 fully saturated rings. The zero-order valence-corrected chi connectivity index (χ0v) is 19.7. The lowest BCUT2D eigenvalue weighted by Crippen LogP contribution is -2.52. The third-order valence-electron chi connectivity index (χ3n) is 6.21. The van der Waals surface area contributed by atoms with E-state index in [1.54, 1.807) is 23.6 Å². The minimum Gasteiger partial charge on any atom is -0.322 e. The van der Waals surface area contributed by atoms with Crippen molar-refractivity contribution in [3.05, 3.63) is 56.8 Å². The first-order valence-electron chi connectivity index (χ1n) is 11.0. The SMILES string of the molecule is CC(C)(C)c1cccc(C(=O)C(=O)CCc2scc3c2CN(C2CCC(=O)NC2=O)C3=O)c1. The number of benzene rings is 1. The second kappa shape index (κ2) is 8.67. The smallest absolute Gasteiger partial charge is 0.256 e. The van der Waals surface area contributed by atoms with Crippen LogP contribution in [-0.2, 0) is 32.8 Å². The predicted octanol–water partition coefficient (Wildman–Crippen LogP) is 3.19. The number of rotatable bonds is 6. The van der Waals surface area contributed by atoms with E-state index in [0.717, 1.165) is 16.0 Å². The van der Waals surface area contributed by atoms with E-state index in [-0.39, 0.29) is 36.6 Å². The number of fused-ring (bicyclic) bond motifs is 1. The van der Waals surface area contributed by atoms with Gasteiger partial charge in [0.25, 0.3) is 5.91 Å². The molecule has 1 aromatic heterocycles. The maximum Gasteiger partial charge on any atom is 0.256 e. The van der Waals surface area contributed by atoms with E-state index in [9.17, 15) is 24.0 Å². The van der Waals surface area contributed by atoms with Gasteiger partial charge in [0, 0.05) is 35.2 Å². The summed E-state index contributed by atoms with van der Waals surface area (Å²) in [5.74, 6) is -1.98. The number of thiophene rings is 1. The van der Waals surface area contributed by atoms with Crippen molar-refractivity contribution in [3.63, 3.8) is 0 Å². The van der Waals surface area contributed by atoms with Crippen molar-refractivity contribution >= 4 is 40.6 Å². The zero-order valence-electron chi connectivity index (χ0n) is 18.9. The summed E-state index contributed by atoms with van der Waals surface area (Å²) in [7, 11) is 0. The average molecular weight is 467 g/mol. The molecule has 2 aliphatic rings. The zero-order chi connectivity index (χ0) is 23.9. The summed E-state index contributed by atoms with van der Waals surface area (Å²) in [6.07, 6.45) is 0.922. The molecule has 1 aromatic carbocycles. The molecule has 0 bridgehead atoms. The van der Waals surface area contributed by atoms with Crippen molar-refractivity contribution in [2.24, 2.45) is 0 Å². The maximum absolute atomic E-state index is 12.8. The number of amides is 3. The van der Waals surface area contributed by atoms with Gasteiger partial charge in [-0.3, -0.25) is 29.3 Å². The quantitative estimate of drug-likeness (QED) is 0.400. The van der Waals surface area contributed by atoms with Gasteiger partial charge in [-0.15, -0.1) is 11.3 Å². The van der Waals surface area contributed by atoms with E-state index in [0.29, 0.717) is 24.0 Å². The monoisotopic (exact) mass is 466 g/mol. The van der Waals surface area contributed by atoms with Crippen LogP contribution in [0.4, 0.5) is 0 Å². The van der Waals surface area contributed by atoms with Crippen LogP contribution in [0.2, 0.25) is 0 Å². The lowest BCUT2D eigenvalue weighted by molar-refractivity contribution is -0.136. The lowest BCUT2D eigenvalue weighted by Gasteiger charge is -2.29. The number of imide groups is 1. The minimum absolute atomic E-state index is 0.0537. The fraction of sp³-hybridized carbons (Fsp3) is 0.400. The number of hydrogen-bond donors (Lipinski definition) is 1. The lowest BCUT2D eigenvalue weighted by atomic mass is 9.85. The molecule has 2 aromatic rings. The first kappa shape index (κ1) is 23.0. The molecule has 3 heterocycles. The van der Waals surface area contributed by atoms with Crippen LogP contribution in [0.3, 0.4) is 0 Å². The predicted molar refractivity (Wildman–Crippen MR) is 123 cm³/mol. The third kappa shape index (κ3) is 4.53. The highest BCUT2D eigenvalue weighted by atomic mass is 32.1. The summed E-state index contributed by atoms with van der Waals surface area (Å²) in [4.78, 5) is 64.2. The van der Waals surface area contributed by atoms with Crippen molar-refractivity contribution in [1.82, 2.24) is 10.2 Å². The third-order valence-corrected chi connectivity index (χ3v) is 7.30. The number of aryl methyl sites for hydroxylation is 1. The molecule has 172 valence electrons. The second-order valence-corrected chi connectivity index (χ2v) is 10.5. The Bertz CT molecular complexity index is 1170. The van der Waals surface area contributed by atoms with Crippen LogP contribution in [0.5, 0.6) is 0 Å². The van der Waals surface area contributed by atoms with E-state index in [1.807, 2.05) is 6.07 Å². The van der Waals surface area contributed by atoms with Gasteiger partial charge in [0.15, 0.2) is 0 Å². The minimum atomic E-state index is -0.668. The largest absolute Gasteiger partial charge is 0.322 e. The maximum atomic E-state index is 12.8. The summed E-state index contributed by atoms with van der Waals surface area (Å²) >= 11 is 1.40. The standard InChI is InChI=1S/C25H26N2O5S/c1-25(2,3)15-6-4-5-14(11-15)22(30)19(28)8-9-20-16-12-27(24(32)17(16)13-33-20)18-7-10-21(29)26-23(18)31/h4-6,11,13,18H,7-10,12H2,1-3H3,(H,26,29,31). The van der Waals surface area contributed by atoms with Crippen LogP contribution >= 0.6 is 11.3 Å². The molecule has 33 heavy (non-hydrogen) atoms. The summed E-state index contributed by atoms with van der Waals surface area (Å²) in [6, 6.07) is 6.51. The van der Waals surface area contributed by atoms with Gasteiger partial charge in [0.2, 0.25) is 23.4 Å². The Balaban J connectivity index is 1.43. The van der Waals surface area contributed by atoms with Crippen LogP contribution in [0, 0.1) is 0 Å². The Morgan fingerprint density at radius 3 is 2.64 bits per heavy atom. The van der Waals surface area contributed by atoms with Crippen molar-refractivity contribution in [2.75, 3.05) is 0 Å². The van der Waals surface area contributed by atoms with Gasteiger partial charge in [0.05, 0.1) is 5.56 Å². The van der Waals surface area contributed by atoms with E-state index < -0.39 is 23.5 Å². The summed E-state index contributed by atoms with van der Waals surface area (Å²) < 4.78 is 0. The summed E-state index contributed by atoms with van der Waals surface area (Å²) in [5.41, 5.74) is 2.60. The topological polar surface area (TPSA) is 101 Å². The highest BCUT2D eigenvalue weighted by molar-refractivity contribution is 7.10. The average Bonchev–Trinajstić information content (AvgIpc) is 3.31. The molecule has 0 aliphatic carbocycles. The number of carbonyl (C=O) groups is 5. The Hall–Kier alpha value is -3.13. The molecule has 4 rings (SSSR count). The molecular weight excluding hydrogens is 440 g/mol. The first-order valence-corrected chi connectivity index (χ1v) is 11.9. The van der Waals surface area contributed by atoms with Gasteiger partial charge in [-0.05, 0) is 35.4 Å². The number of hydrogen-bond acceptors (Lipinski definition) is 6. The van der Waals surface area contributed by atoms with Gasteiger partial charge in [0.1, 0.15) is 6.04 Å². The van der Waals surface area contributed by atoms with Gasteiger partial charge >= 0.3 is 0 Å². The number of nitrogens with one attached hydrogen (secondary N) is 1. The molecule has 1 atom stereocenters. The Kier molecular flexibility index (Phi) is 6.05. The van der Waals surface area contributed by atoms with Crippen LogP contribution in [0.25, 0.3) is 0 Å². The van der Waals surface area contributed by atoms with Gasteiger partial charge in [-0.25, -0.2) is 0 Å². The fourth-order valence-electron chi connectivity index (χ4n) is 4.24. The van der Waals surface area contributed by atoms with Crippen LogP contribution in [-0.4, -0.2) is 40.2 Å². The van der Waals surface area contributed by atoms with Crippen molar-refractivity contribution in [3.8, 4) is 0 Å². The molecule has 1 N–H and O–H groups in total. The molecule has 2 aliphatic heterocycles. The summed E-state index contributed by atoms with van der Waals surface area (Å²) in [5, 5.41) is 4.04. The normalized spacial score (nSPS) is 18.3. The molecule has 7 nitrogen and oxygen atoms in total. The molecule has 3 amide bonds. The number of piperidine rings is 1. The highest BCUT2D eigenvalue weighted by Gasteiger charge is 2.40. The van der Waals surface area contributed by atoms with E-state index in [2.05, 4.69) is 26.1 Å². The second-order valence-electron chi connectivity index (χ2n) is 9.53. The molecule has 1 unspecified atom stereocenters. The van der Waals surface area contributed by atoms with E-state index in [1.165, 1.54) is 16.2 Å². The molecule has 0 radical (unpaired) electrons. The highest BCUT2D eigenvalue weighted by Crippen LogP contribution is 2.34. The Morgan fingerprint density at radius 2 is 1.94 bits per heavy atom. The van der Waals surface area contributed by atoms with Crippen LogP contribution < -0.4 is 5.32 Å². The molecule has 0 spiro atoms. The first-order chi connectivity index (χ1) is 15.6. The van der Waals surface area contributed by atoms with E-state index in [4.69, 9.17) is 0 Å². The van der Waals surface area contributed by atoms with Gasteiger partial charge < -0.3 is 4.90 Å². The Morgan fingerprint density at radius 1 is 1.18 bits per heavy atom. The number of carbonyl (C=O) groups excluding carboxylic acids is 5. The molecular formula is C25H26N2O5S. The van der Waals surface area contributed by atoms with Gasteiger partial charge in [-0.1, -0.05) is 39.0 Å². The Labute approximate surface area is 196 Å². The van der Waals surface area contributed by atoms with Crippen molar-refractivity contribution in [2.45, 2.75) is 64.5 Å². The molecule has 8 heteroatoms. The number of Topliss-reactive ketones (excluding diaryl/α,β-unsaturated/α-hetero) is 2. The van der Waals surface area contributed by atoms with Crippen LogP contribution in [0.15, 0.2) is 29.6 Å². The van der Waals surface area contributed by atoms with Crippen molar-refractivity contribution in [1.29, 1.82) is 0 Å². The van der Waals surface area contributed by atoms with E-state index >= 15 is 0 Å². The van der Waals surface area contributed by atoms with Gasteiger partial charge in [-0.2, -0.15) is 0 Å². The van der Waals surface area contributed by atoms with Crippen molar-refractivity contribution < 1.29 is 24.0 Å².